The Balaban J connectivity index is 2.13. The molecule has 0 radical (unpaired) electrons. The van der Waals surface area contributed by atoms with Gasteiger partial charge in [-0.3, -0.25) is 4.98 Å². The van der Waals surface area contributed by atoms with E-state index in [2.05, 4.69) is 23.7 Å². The summed E-state index contributed by atoms with van der Waals surface area (Å²) in [5.41, 5.74) is 1.03. The van der Waals surface area contributed by atoms with Crippen LogP contribution in [0.5, 0.6) is 0 Å². The summed E-state index contributed by atoms with van der Waals surface area (Å²) in [4.78, 5) is 4.00. The van der Waals surface area contributed by atoms with Gasteiger partial charge in [0.15, 0.2) is 0 Å². The van der Waals surface area contributed by atoms with Gasteiger partial charge in [-0.2, -0.15) is 0 Å². The Hall–Kier alpha value is -1.33. The van der Waals surface area contributed by atoms with Crippen LogP contribution in [0.2, 0.25) is 0 Å². The van der Waals surface area contributed by atoms with Crippen LogP contribution in [0.3, 0.4) is 0 Å². The molecule has 2 heterocycles. The van der Waals surface area contributed by atoms with Gasteiger partial charge in [0.25, 0.3) is 0 Å². The summed E-state index contributed by atoms with van der Waals surface area (Å²) < 4.78 is 5.11. The summed E-state index contributed by atoms with van der Waals surface area (Å²) in [6.07, 6.45) is 3.52. The maximum absolute atomic E-state index is 5.11. The first-order chi connectivity index (χ1) is 6.29. The van der Waals surface area contributed by atoms with Crippen LogP contribution < -0.4 is 0 Å². The van der Waals surface area contributed by atoms with Gasteiger partial charge in [0.2, 0.25) is 0 Å². The lowest BCUT2D eigenvalue weighted by Crippen LogP contribution is -2.38. The van der Waals surface area contributed by atoms with Crippen molar-refractivity contribution >= 4 is 0 Å². The number of pyridine rings is 1. The van der Waals surface area contributed by atoms with E-state index in [1.165, 1.54) is 0 Å². The van der Waals surface area contributed by atoms with Crippen molar-refractivity contribution in [2.45, 2.75) is 6.92 Å². The molecule has 0 saturated carbocycles. The molecule has 0 atom stereocenters. The van der Waals surface area contributed by atoms with Crippen LogP contribution in [0.15, 0.2) is 24.5 Å². The highest BCUT2D eigenvalue weighted by Gasteiger charge is 2.30. The van der Waals surface area contributed by atoms with Crippen molar-refractivity contribution < 1.29 is 4.74 Å². The molecule has 1 aliphatic heterocycles. The molecule has 0 bridgehead atoms. The number of hydrogen-bond acceptors (Lipinski definition) is 2. The molecule has 1 fully saturated rings. The van der Waals surface area contributed by atoms with Gasteiger partial charge in [-0.15, -0.1) is 0 Å². The maximum Gasteiger partial charge on any atom is 0.0756 e. The largest absolute Gasteiger partial charge is 0.378 e. The number of ether oxygens (including phenoxy) is 1. The van der Waals surface area contributed by atoms with E-state index in [0.29, 0.717) is 0 Å². The Labute approximate surface area is 77.9 Å². The van der Waals surface area contributed by atoms with Crippen LogP contribution in [0.4, 0.5) is 0 Å². The quantitative estimate of drug-likeness (QED) is 0.554. The van der Waals surface area contributed by atoms with E-state index >= 15 is 0 Å². The van der Waals surface area contributed by atoms with Gasteiger partial charge in [-0.1, -0.05) is 11.8 Å². The molecule has 0 unspecified atom stereocenters. The monoisotopic (exact) mass is 173 g/mol. The van der Waals surface area contributed by atoms with Gasteiger partial charge < -0.3 is 4.74 Å². The molecule has 2 heteroatoms. The number of rotatable bonds is 0. The van der Waals surface area contributed by atoms with Crippen molar-refractivity contribution in [3.05, 3.63) is 30.1 Å². The lowest BCUT2D eigenvalue weighted by Gasteiger charge is -2.32. The van der Waals surface area contributed by atoms with E-state index in [4.69, 9.17) is 4.74 Å². The van der Waals surface area contributed by atoms with Crippen LogP contribution >= 0.6 is 0 Å². The lowest BCUT2D eigenvalue weighted by atomic mass is 9.89. The third kappa shape index (κ3) is 1.88. The molecule has 13 heavy (non-hydrogen) atoms. The highest BCUT2D eigenvalue weighted by Crippen LogP contribution is 2.24. The summed E-state index contributed by atoms with van der Waals surface area (Å²) in [5.74, 6) is 6.29. The fourth-order valence-electron chi connectivity index (χ4n) is 1.14. The van der Waals surface area contributed by atoms with Crippen molar-refractivity contribution in [2.24, 2.45) is 5.41 Å². The number of nitrogens with zero attached hydrogens (tertiary/aromatic N) is 1. The van der Waals surface area contributed by atoms with Gasteiger partial charge in [-0.05, 0) is 19.1 Å². The summed E-state index contributed by atoms with van der Waals surface area (Å²) in [5, 5.41) is 0. The van der Waals surface area contributed by atoms with Crippen LogP contribution in [-0.4, -0.2) is 18.2 Å². The van der Waals surface area contributed by atoms with E-state index in [1.807, 2.05) is 12.1 Å². The standard InChI is InChI=1S/C11H11NO/c1-11(8-13-9-11)5-4-10-3-2-6-12-7-10/h2-3,6-7H,8-9H2,1H3. The minimum Gasteiger partial charge on any atom is -0.378 e. The maximum atomic E-state index is 5.11. The summed E-state index contributed by atoms with van der Waals surface area (Å²) in [7, 11) is 0. The van der Waals surface area contributed by atoms with E-state index in [9.17, 15) is 0 Å². The molecule has 0 aliphatic carbocycles. The van der Waals surface area contributed by atoms with E-state index in [1.54, 1.807) is 12.4 Å². The molecule has 1 aromatic heterocycles. The predicted octanol–water partition coefficient (Wildman–Crippen LogP) is 1.47. The zero-order chi connectivity index (χ0) is 9.15. The van der Waals surface area contributed by atoms with Crippen molar-refractivity contribution in [3.8, 4) is 11.8 Å². The molecule has 2 rings (SSSR count). The Morgan fingerprint density at radius 3 is 2.92 bits per heavy atom. The predicted molar refractivity (Wildman–Crippen MR) is 50.0 cm³/mol. The molecule has 0 spiro atoms. The number of hydrogen-bond donors (Lipinski definition) is 0. The van der Waals surface area contributed by atoms with Crippen LogP contribution in [0.25, 0.3) is 0 Å². The second-order valence-corrected chi connectivity index (χ2v) is 3.55. The van der Waals surface area contributed by atoms with Gasteiger partial charge in [0, 0.05) is 18.0 Å². The third-order valence-corrected chi connectivity index (χ3v) is 2.01. The van der Waals surface area contributed by atoms with Crippen molar-refractivity contribution in [1.29, 1.82) is 0 Å². The van der Waals surface area contributed by atoms with Gasteiger partial charge in [-0.25, -0.2) is 0 Å². The Kier molecular flexibility index (Phi) is 2.03. The first-order valence-corrected chi connectivity index (χ1v) is 4.29. The average molecular weight is 173 g/mol. The summed E-state index contributed by atoms with van der Waals surface area (Å²) in [6, 6.07) is 3.85. The molecule has 1 aliphatic rings. The fraction of sp³-hybridized carbons (Fsp3) is 0.364. The molecule has 2 nitrogen and oxygen atoms in total. The Morgan fingerprint density at radius 2 is 2.38 bits per heavy atom. The summed E-state index contributed by atoms with van der Waals surface area (Å²) >= 11 is 0. The minimum absolute atomic E-state index is 0.0653. The van der Waals surface area contributed by atoms with E-state index in [0.717, 1.165) is 18.8 Å². The normalized spacial score (nSPS) is 18.2. The SMILES string of the molecule is CC1(C#Cc2cccnc2)COC1. The molecular formula is C11H11NO. The van der Waals surface area contributed by atoms with Gasteiger partial charge in [0.05, 0.1) is 18.6 Å². The second kappa shape index (κ2) is 3.20. The highest BCUT2D eigenvalue weighted by molar-refractivity contribution is 5.33. The lowest BCUT2D eigenvalue weighted by molar-refractivity contribution is -0.0648. The summed E-state index contributed by atoms with van der Waals surface area (Å²) in [6.45, 7) is 3.61. The van der Waals surface area contributed by atoms with Crippen LogP contribution in [-0.2, 0) is 4.74 Å². The van der Waals surface area contributed by atoms with Gasteiger partial charge in [0.1, 0.15) is 0 Å². The molecule has 1 aromatic rings. The minimum atomic E-state index is 0.0653. The molecule has 0 amide bonds. The van der Waals surface area contributed by atoms with Crippen LogP contribution in [0, 0.1) is 17.3 Å². The van der Waals surface area contributed by atoms with Crippen LogP contribution in [0.1, 0.15) is 12.5 Å². The average Bonchev–Trinajstić information content (AvgIpc) is 2.13. The molecule has 0 N–H and O–H groups in total. The van der Waals surface area contributed by atoms with Gasteiger partial charge >= 0.3 is 0 Å². The zero-order valence-electron chi connectivity index (χ0n) is 7.58. The molecule has 1 saturated heterocycles. The van der Waals surface area contributed by atoms with E-state index < -0.39 is 0 Å². The van der Waals surface area contributed by atoms with Crippen molar-refractivity contribution in [2.75, 3.05) is 13.2 Å². The highest BCUT2D eigenvalue weighted by atomic mass is 16.5. The topological polar surface area (TPSA) is 22.1 Å². The Morgan fingerprint density at radius 1 is 1.54 bits per heavy atom. The van der Waals surface area contributed by atoms with Crippen molar-refractivity contribution in [1.82, 2.24) is 4.98 Å². The molecule has 66 valence electrons. The fourth-order valence-corrected chi connectivity index (χ4v) is 1.14. The third-order valence-electron chi connectivity index (χ3n) is 2.01. The first kappa shape index (κ1) is 8.28. The molecule has 0 aromatic carbocycles. The zero-order valence-corrected chi connectivity index (χ0v) is 7.58. The van der Waals surface area contributed by atoms with E-state index in [-0.39, 0.29) is 5.41 Å². The van der Waals surface area contributed by atoms with Crippen molar-refractivity contribution in [3.63, 3.8) is 0 Å². The first-order valence-electron chi connectivity index (χ1n) is 4.29. The Bertz CT molecular complexity index is 343. The smallest absolute Gasteiger partial charge is 0.0756 e. The molecular weight excluding hydrogens is 162 g/mol. The number of aromatic nitrogens is 1. The second-order valence-electron chi connectivity index (χ2n) is 3.55.